The van der Waals surface area contributed by atoms with Gasteiger partial charge < -0.3 is 19.9 Å². The molecular formula is C26H30N8O3. The van der Waals surface area contributed by atoms with Gasteiger partial charge in [-0.05, 0) is 37.0 Å². The monoisotopic (exact) mass is 502 g/mol. The summed E-state index contributed by atoms with van der Waals surface area (Å²) in [6.45, 7) is 6.29. The van der Waals surface area contributed by atoms with Gasteiger partial charge in [-0.25, -0.2) is 19.7 Å². The molecule has 6 rings (SSSR count). The first-order chi connectivity index (χ1) is 18.1. The van der Waals surface area contributed by atoms with Crippen LogP contribution in [0.3, 0.4) is 0 Å². The molecule has 0 aliphatic carbocycles. The fourth-order valence-corrected chi connectivity index (χ4v) is 5.36. The molecule has 3 amide bonds. The number of morpholine rings is 1. The first-order valence-electron chi connectivity index (χ1n) is 12.8. The Hall–Kier alpha value is -3.86. The summed E-state index contributed by atoms with van der Waals surface area (Å²) >= 11 is 0. The molecule has 11 heteroatoms. The van der Waals surface area contributed by atoms with Crippen LogP contribution in [0.2, 0.25) is 0 Å². The van der Waals surface area contributed by atoms with Crippen LogP contribution in [0.15, 0.2) is 30.7 Å². The minimum absolute atomic E-state index is 0.0281. The van der Waals surface area contributed by atoms with Crippen molar-refractivity contribution in [3.05, 3.63) is 36.3 Å². The van der Waals surface area contributed by atoms with E-state index in [1.807, 2.05) is 28.1 Å². The van der Waals surface area contributed by atoms with Crippen molar-refractivity contribution in [2.75, 3.05) is 55.7 Å². The lowest BCUT2D eigenvalue weighted by molar-refractivity contribution is -0.129. The zero-order chi connectivity index (χ0) is 25.4. The smallest absolute Gasteiger partial charge is 0.322 e. The fourth-order valence-electron chi connectivity index (χ4n) is 5.36. The summed E-state index contributed by atoms with van der Waals surface area (Å²) in [6, 6.07) is 3.70. The molecule has 0 atom stereocenters. The number of anilines is 2. The number of ether oxygens (including phenoxy) is 1. The van der Waals surface area contributed by atoms with Crippen LogP contribution in [0.1, 0.15) is 25.3 Å². The third kappa shape index (κ3) is 4.55. The van der Waals surface area contributed by atoms with Gasteiger partial charge in [0.1, 0.15) is 5.52 Å². The number of piperidine rings is 1. The Morgan fingerprint density at radius 1 is 1.03 bits per heavy atom. The van der Waals surface area contributed by atoms with Crippen molar-refractivity contribution < 1.29 is 14.3 Å². The largest absolute Gasteiger partial charge is 0.378 e. The van der Waals surface area contributed by atoms with Crippen molar-refractivity contribution in [2.24, 2.45) is 0 Å². The maximum Gasteiger partial charge on any atom is 0.322 e. The van der Waals surface area contributed by atoms with Crippen molar-refractivity contribution in [3.8, 4) is 11.3 Å². The van der Waals surface area contributed by atoms with E-state index in [0.717, 1.165) is 41.1 Å². The molecule has 3 aromatic rings. The molecule has 1 N–H and O–H groups in total. The maximum absolute atomic E-state index is 13.3. The molecule has 192 valence electrons. The molecule has 3 aliphatic heterocycles. The van der Waals surface area contributed by atoms with Gasteiger partial charge >= 0.3 is 6.03 Å². The van der Waals surface area contributed by atoms with Crippen LogP contribution in [-0.2, 0) is 16.0 Å². The highest BCUT2D eigenvalue weighted by Gasteiger charge is 2.34. The first kappa shape index (κ1) is 23.5. The molecule has 2 saturated heterocycles. The van der Waals surface area contributed by atoms with Crippen LogP contribution in [0.5, 0.6) is 0 Å². The van der Waals surface area contributed by atoms with Crippen molar-refractivity contribution in [1.29, 1.82) is 0 Å². The summed E-state index contributed by atoms with van der Waals surface area (Å²) in [4.78, 5) is 49.8. The number of rotatable bonds is 3. The van der Waals surface area contributed by atoms with Crippen molar-refractivity contribution in [1.82, 2.24) is 30.2 Å². The van der Waals surface area contributed by atoms with Crippen LogP contribution >= 0.6 is 0 Å². The van der Waals surface area contributed by atoms with Gasteiger partial charge in [0.25, 0.3) is 0 Å². The molecule has 0 bridgehead atoms. The summed E-state index contributed by atoms with van der Waals surface area (Å²) in [5, 5.41) is 3.04. The molecule has 11 nitrogen and oxygen atoms in total. The van der Waals surface area contributed by atoms with Crippen LogP contribution in [-0.4, -0.2) is 88.8 Å². The van der Waals surface area contributed by atoms with Crippen molar-refractivity contribution >= 4 is 34.6 Å². The number of carbonyl (C=O) groups excluding carboxylic acids is 2. The van der Waals surface area contributed by atoms with E-state index >= 15 is 0 Å². The maximum atomic E-state index is 13.3. The van der Waals surface area contributed by atoms with E-state index in [9.17, 15) is 9.59 Å². The normalized spacial score (nSPS) is 18.9. The zero-order valence-corrected chi connectivity index (χ0v) is 20.9. The molecule has 6 heterocycles. The van der Waals surface area contributed by atoms with Gasteiger partial charge in [0.05, 0.1) is 30.1 Å². The number of hydrogen-bond acceptors (Lipinski definition) is 8. The van der Waals surface area contributed by atoms with Crippen LogP contribution < -0.4 is 15.1 Å². The highest BCUT2D eigenvalue weighted by atomic mass is 16.5. The third-order valence-electron chi connectivity index (χ3n) is 7.40. The van der Waals surface area contributed by atoms with Crippen molar-refractivity contribution in [2.45, 2.75) is 32.2 Å². The van der Waals surface area contributed by atoms with E-state index in [1.165, 1.54) is 0 Å². The summed E-state index contributed by atoms with van der Waals surface area (Å²) in [5.41, 5.74) is 4.76. The van der Waals surface area contributed by atoms with Gasteiger partial charge in [0.15, 0.2) is 0 Å². The number of nitrogens with zero attached hydrogens (tertiary/aromatic N) is 7. The highest BCUT2D eigenvalue weighted by molar-refractivity contribution is 6.03. The molecule has 2 fully saturated rings. The summed E-state index contributed by atoms with van der Waals surface area (Å²) in [6.07, 6.45) is 7.55. The minimum atomic E-state index is -0.127. The second kappa shape index (κ2) is 9.89. The van der Waals surface area contributed by atoms with Gasteiger partial charge in [-0.3, -0.25) is 14.7 Å². The van der Waals surface area contributed by atoms with E-state index in [4.69, 9.17) is 9.72 Å². The fraction of sp³-hybridized carbons (Fsp3) is 0.462. The molecule has 0 saturated carbocycles. The summed E-state index contributed by atoms with van der Waals surface area (Å²) in [5.74, 6) is 0.755. The van der Waals surface area contributed by atoms with E-state index in [2.05, 4.69) is 25.2 Å². The number of hydrogen-bond donors (Lipinski definition) is 1. The quantitative estimate of drug-likeness (QED) is 0.578. The van der Waals surface area contributed by atoms with Gasteiger partial charge in [0.2, 0.25) is 11.9 Å². The highest BCUT2D eigenvalue weighted by Crippen LogP contribution is 2.35. The topological polar surface area (TPSA) is 117 Å². The lowest BCUT2D eigenvalue weighted by Crippen LogP contribution is -2.51. The van der Waals surface area contributed by atoms with E-state index in [0.29, 0.717) is 63.6 Å². The number of carbonyl (C=O) groups is 2. The van der Waals surface area contributed by atoms with Gasteiger partial charge in [-0.2, -0.15) is 0 Å². The number of pyridine rings is 2. The van der Waals surface area contributed by atoms with Crippen LogP contribution in [0.4, 0.5) is 16.4 Å². The Kier molecular flexibility index (Phi) is 6.29. The number of nitrogens with one attached hydrogen (secondary N) is 1. The van der Waals surface area contributed by atoms with Gasteiger partial charge in [-0.15, -0.1) is 0 Å². The van der Waals surface area contributed by atoms with Gasteiger partial charge in [-0.1, -0.05) is 0 Å². The molecule has 37 heavy (non-hydrogen) atoms. The van der Waals surface area contributed by atoms with Gasteiger partial charge in [0, 0.05) is 69.8 Å². The number of aromatic nitrogens is 4. The molecule has 0 spiro atoms. The van der Waals surface area contributed by atoms with E-state index < -0.39 is 0 Å². The van der Waals surface area contributed by atoms with E-state index in [-0.39, 0.29) is 18.0 Å². The van der Waals surface area contributed by atoms with Crippen molar-refractivity contribution in [3.63, 3.8) is 0 Å². The molecule has 0 unspecified atom stereocenters. The average Bonchev–Trinajstić information content (AvgIpc) is 3.11. The Bertz CT molecular complexity index is 1320. The Balaban J connectivity index is 1.37. The molecule has 3 aliphatic rings. The second-order valence-corrected chi connectivity index (χ2v) is 9.66. The zero-order valence-electron chi connectivity index (χ0n) is 20.9. The molecule has 0 radical (unpaired) electrons. The van der Waals surface area contributed by atoms with Crippen LogP contribution in [0.25, 0.3) is 22.3 Å². The first-order valence-corrected chi connectivity index (χ1v) is 12.8. The lowest BCUT2D eigenvalue weighted by atomic mass is 10.0. The average molecular weight is 503 g/mol. The number of urea groups is 1. The molecule has 0 aromatic carbocycles. The number of amides is 3. The van der Waals surface area contributed by atoms with Crippen LogP contribution in [0, 0.1) is 0 Å². The predicted octanol–water partition coefficient (Wildman–Crippen LogP) is 2.01. The Morgan fingerprint density at radius 2 is 1.78 bits per heavy atom. The SMILES string of the molecule is CC(=O)N1CCC(N2C(=O)NCCc3cnc4ccc(-c5cnc(N6CCOCC6)nc5)nc4c32)CC1. The Labute approximate surface area is 214 Å². The third-order valence-corrected chi connectivity index (χ3v) is 7.40. The summed E-state index contributed by atoms with van der Waals surface area (Å²) in [7, 11) is 0. The second-order valence-electron chi connectivity index (χ2n) is 9.66. The number of likely N-dealkylation sites (tertiary alicyclic amines) is 1. The summed E-state index contributed by atoms with van der Waals surface area (Å²) < 4.78 is 5.42. The van der Waals surface area contributed by atoms with E-state index in [1.54, 1.807) is 19.3 Å². The molecule has 3 aromatic heterocycles. The predicted molar refractivity (Wildman–Crippen MR) is 138 cm³/mol. The lowest BCUT2D eigenvalue weighted by Gasteiger charge is -2.38. The Morgan fingerprint density at radius 3 is 2.51 bits per heavy atom. The minimum Gasteiger partial charge on any atom is -0.378 e. The standard InChI is InChI=1S/C26H30N8O3/c1-17(35)32-8-5-20(6-9-32)34-24-18(4-7-27-26(34)36)14-28-22-3-2-21(31-23(22)24)19-15-29-25(30-16-19)33-10-12-37-13-11-33/h2-3,14-16,20H,4-13H2,1H3,(H,27,36). The molecular weight excluding hydrogens is 472 g/mol. The number of fused-ring (bicyclic) bond motifs is 3.